The van der Waals surface area contributed by atoms with E-state index in [2.05, 4.69) is 10.4 Å². The minimum atomic E-state index is -0.225. The predicted molar refractivity (Wildman–Crippen MR) is 65.6 cm³/mol. The van der Waals surface area contributed by atoms with Gasteiger partial charge in [-0.05, 0) is 30.5 Å². The molecule has 17 heavy (non-hydrogen) atoms. The van der Waals surface area contributed by atoms with E-state index < -0.39 is 0 Å². The molecule has 1 aliphatic carbocycles. The second kappa shape index (κ2) is 5.14. The Hall–Kier alpha value is -1.62. The molecule has 1 aromatic rings. The number of nitrogens with one attached hydrogen (secondary N) is 1. The molecule has 0 radical (unpaired) electrons. The van der Waals surface area contributed by atoms with Crippen LogP contribution < -0.4 is 11.3 Å². The van der Waals surface area contributed by atoms with Crippen LogP contribution in [-0.4, -0.2) is 23.9 Å². The topological polar surface area (TPSA) is 53.6 Å². The van der Waals surface area contributed by atoms with E-state index in [1.54, 1.807) is 6.07 Å². The van der Waals surface area contributed by atoms with Gasteiger partial charge in [0.1, 0.15) is 5.82 Å². The van der Waals surface area contributed by atoms with Crippen LogP contribution in [0.5, 0.6) is 0 Å². The third-order valence-corrected chi connectivity index (χ3v) is 2.65. The van der Waals surface area contributed by atoms with Crippen LogP contribution in [0.25, 0.3) is 0 Å². The van der Waals surface area contributed by atoms with Crippen molar-refractivity contribution < 1.29 is 4.39 Å². The molecule has 0 amide bonds. The minimum Gasteiger partial charge on any atom is -0.341 e. The van der Waals surface area contributed by atoms with E-state index >= 15 is 0 Å². The van der Waals surface area contributed by atoms with Gasteiger partial charge >= 0.3 is 0 Å². The van der Waals surface area contributed by atoms with Crippen molar-refractivity contribution in [3.8, 4) is 0 Å². The first-order chi connectivity index (χ1) is 8.19. The number of nitrogens with zero attached hydrogens (tertiary/aromatic N) is 2. The first-order valence-corrected chi connectivity index (χ1v) is 5.69. The Balaban J connectivity index is 2.01. The number of benzene rings is 1. The smallest absolute Gasteiger partial charge is 0.208 e. The number of aliphatic imine (C=N–C) groups is 1. The minimum absolute atomic E-state index is 0.225. The molecule has 1 aliphatic rings. The maximum atomic E-state index is 13.0. The lowest BCUT2D eigenvalue weighted by molar-refractivity contribution is 0.474. The maximum Gasteiger partial charge on any atom is 0.208 e. The van der Waals surface area contributed by atoms with Crippen LogP contribution in [0, 0.1) is 5.82 Å². The molecule has 0 spiro atoms. The summed E-state index contributed by atoms with van der Waals surface area (Å²) in [5.41, 5.74) is 3.48. The van der Waals surface area contributed by atoms with Crippen molar-refractivity contribution in [1.82, 2.24) is 10.3 Å². The van der Waals surface area contributed by atoms with Crippen LogP contribution in [0.4, 0.5) is 4.39 Å². The number of hydrogen-bond donors (Lipinski definition) is 2. The van der Waals surface area contributed by atoms with E-state index in [0.29, 0.717) is 18.5 Å². The van der Waals surface area contributed by atoms with Crippen LogP contribution in [0.2, 0.25) is 0 Å². The van der Waals surface area contributed by atoms with E-state index in [0.717, 1.165) is 18.4 Å². The van der Waals surface area contributed by atoms with E-state index in [1.807, 2.05) is 18.0 Å². The molecule has 0 bridgehead atoms. The van der Waals surface area contributed by atoms with Gasteiger partial charge in [-0.15, -0.1) is 0 Å². The number of hydrazine groups is 1. The zero-order valence-corrected chi connectivity index (χ0v) is 9.86. The average Bonchev–Trinajstić information content (AvgIpc) is 3.09. The molecule has 0 aliphatic heterocycles. The lowest BCUT2D eigenvalue weighted by atomic mass is 10.2. The highest BCUT2D eigenvalue weighted by Crippen LogP contribution is 2.23. The molecule has 5 heteroatoms. The molecule has 0 saturated heterocycles. The number of nitrogens with two attached hydrogens (primary N) is 1. The van der Waals surface area contributed by atoms with Gasteiger partial charge in [0.15, 0.2) is 0 Å². The van der Waals surface area contributed by atoms with Crippen molar-refractivity contribution in [2.75, 3.05) is 7.05 Å². The normalized spacial score (nSPS) is 15.8. The van der Waals surface area contributed by atoms with Gasteiger partial charge in [-0.1, -0.05) is 12.1 Å². The third-order valence-electron chi connectivity index (χ3n) is 2.65. The number of hydrogen-bond acceptors (Lipinski definition) is 2. The van der Waals surface area contributed by atoms with Crippen molar-refractivity contribution in [1.29, 1.82) is 0 Å². The fourth-order valence-corrected chi connectivity index (χ4v) is 1.61. The molecule has 2 rings (SSSR count). The van der Waals surface area contributed by atoms with Gasteiger partial charge in [0.25, 0.3) is 0 Å². The van der Waals surface area contributed by atoms with Gasteiger partial charge in [0.2, 0.25) is 5.96 Å². The summed E-state index contributed by atoms with van der Waals surface area (Å²) in [7, 11) is 1.88. The van der Waals surface area contributed by atoms with Crippen LogP contribution >= 0.6 is 0 Å². The Kier molecular flexibility index (Phi) is 3.58. The van der Waals surface area contributed by atoms with Gasteiger partial charge in [-0.25, -0.2) is 15.2 Å². The lowest BCUT2D eigenvalue weighted by Crippen LogP contribution is -2.42. The largest absolute Gasteiger partial charge is 0.341 e. The van der Waals surface area contributed by atoms with Crippen LogP contribution in [0.1, 0.15) is 18.4 Å². The first-order valence-electron chi connectivity index (χ1n) is 5.69. The van der Waals surface area contributed by atoms with Gasteiger partial charge in [-0.2, -0.15) is 0 Å². The summed E-state index contributed by atoms with van der Waals surface area (Å²) < 4.78 is 13.0. The lowest BCUT2D eigenvalue weighted by Gasteiger charge is -2.20. The Morgan fingerprint density at radius 3 is 2.94 bits per heavy atom. The third kappa shape index (κ3) is 3.42. The summed E-state index contributed by atoms with van der Waals surface area (Å²) in [6.45, 7) is 0.577. The highest BCUT2D eigenvalue weighted by atomic mass is 19.1. The van der Waals surface area contributed by atoms with Crippen molar-refractivity contribution >= 4 is 5.96 Å². The molecule has 1 aromatic carbocycles. The van der Waals surface area contributed by atoms with Crippen molar-refractivity contribution in [2.45, 2.75) is 25.4 Å². The fraction of sp³-hybridized carbons (Fsp3) is 0.417. The zero-order valence-electron chi connectivity index (χ0n) is 9.86. The first kappa shape index (κ1) is 11.9. The molecule has 0 atom stereocenters. The second-order valence-electron chi connectivity index (χ2n) is 4.31. The maximum absolute atomic E-state index is 13.0. The van der Waals surface area contributed by atoms with Crippen molar-refractivity contribution in [3.05, 3.63) is 35.6 Å². The van der Waals surface area contributed by atoms with Gasteiger partial charge in [0.05, 0.1) is 6.04 Å². The number of guanidine groups is 1. The highest BCUT2D eigenvalue weighted by Gasteiger charge is 2.22. The summed E-state index contributed by atoms with van der Waals surface area (Å²) in [6.07, 6.45) is 2.25. The predicted octanol–water partition coefficient (Wildman–Crippen LogP) is 1.24. The van der Waals surface area contributed by atoms with Crippen LogP contribution in [-0.2, 0) is 6.54 Å². The standard InChI is InChI=1S/C12H17FN4/c1-17(12(16-14)15-11-5-6-11)8-9-3-2-4-10(13)7-9/h2-4,7,11H,5-6,8,14H2,1H3,(H,15,16). The molecule has 3 N–H and O–H groups in total. The van der Waals surface area contributed by atoms with E-state index in [9.17, 15) is 4.39 Å². The zero-order chi connectivity index (χ0) is 12.3. The Labute approximate surface area is 100 Å². The molecule has 0 aromatic heterocycles. The van der Waals surface area contributed by atoms with Gasteiger partial charge in [-0.3, -0.25) is 5.43 Å². The van der Waals surface area contributed by atoms with Gasteiger partial charge in [0, 0.05) is 13.6 Å². The molecule has 0 unspecified atom stereocenters. The van der Waals surface area contributed by atoms with E-state index in [4.69, 9.17) is 5.84 Å². The summed E-state index contributed by atoms with van der Waals surface area (Å²) >= 11 is 0. The van der Waals surface area contributed by atoms with E-state index in [1.165, 1.54) is 12.1 Å². The van der Waals surface area contributed by atoms with Crippen LogP contribution in [0.15, 0.2) is 29.3 Å². The monoisotopic (exact) mass is 236 g/mol. The molecule has 4 nitrogen and oxygen atoms in total. The summed E-state index contributed by atoms with van der Waals surface area (Å²) in [5.74, 6) is 5.86. The molecular formula is C12H17FN4. The van der Waals surface area contributed by atoms with Crippen molar-refractivity contribution in [2.24, 2.45) is 10.8 Å². The van der Waals surface area contributed by atoms with Gasteiger partial charge < -0.3 is 4.90 Å². The summed E-state index contributed by atoms with van der Waals surface area (Å²) in [4.78, 5) is 6.32. The SMILES string of the molecule is CN(Cc1cccc(F)c1)C(=NC1CC1)NN. The number of rotatable bonds is 3. The molecular weight excluding hydrogens is 219 g/mol. The molecule has 1 fully saturated rings. The number of halogens is 1. The molecule has 1 saturated carbocycles. The molecule has 0 heterocycles. The average molecular weight is 236 g/mol. The highest BCUT2D eigenvalue weighted by molar-refractivity contribution is 5.79. The Morgan fingerprint density at radius 2 is 2.35 bits per heavy atom. The van der Waals surface area contributed by atoms with Crippen LogP contribution in [0.3, 0.4) is 0 Å². The fourth-order valence-electron chi connectivity index (χ4n) is 1.61. The summed E-state index contributed by atoms with van der Waals surface area (Å²) in [5, 5.41) is 0. The quantitative estimate of drug-likeness (QED) is 0.359. The second-order valence-corrected chi connectivity index (χ2v) is 4.31. The Morgan fingerprint density at radius 1 is 1.59 bits per heavy atom. The summed E-state index contributed by atoms with van der Waals surface area (Å²) in [6, 6.07) is 6.93. The van der Waals surface area contributed by atoms with E-state index in [-0.39, 0.29) is 5.82 Å². The molecule has 92 valence electrons. The Bertz CT molecular complexity index is 415. The van der Waals surface area contributed by atoms with Crippen molar-refractivity contribution in [3.63, 3.8) is 0 Å².